The third-order valence-electron chi connectivity index (χ3n) is 2.55. The summed E-state index contributed by atoms with van der Waals surface area (Å²) < 4.78 is 0. The monoisotopic (exact) mass is 208 g/mol. The first-order valence-electron chi connectivity index (χ1n) is 5.29. The molecule has 1 saturated heterocycles. The predicted octanol–water partition coefficient (Wildman–Crippen LogP) is 0.242. The van der Waals surface area contributed by atoms with Crippen molar-refractivity contribution in [3.63, 3.8) is 0 Å². The van der Waals surface area contributed by atoms with Crippen LogP contribution in [0.1, 0.15) is 18.7 Å². The van der Waals surface area contributed by atoms with Gasteiger partial charge in [-0.1, -0.05) is 0 Å². The fourth-order valence-corrected chi connectivity index (χ4v) is 1.83. The molecule has 0 spiro atoms. The van der Waals surface area contributed by atoms with Crippen molar-refractivity contribution >= 4 is 5.82 Å². The summed E-state index contributed by atoms with van der Waals surface area (Å²) in [6.45, 7) is 3.84. The Bertz CT molecular complexity index is 381. The quantitative estimate of drug-likeness (QED) is 0.651. The van der Waals surface area contributed by atoms with Crippen molar-refractivity contribution in [2.75, 3.05) is 18.4 Å². The van der Waals surface area contributed by atoms with Crippen LogP contribution in [-0.4, -0.2) is 29.1 Å². The highest BCUT2D eigenvalue weighted by molar-refractivity contribution is 5.34. The number of hydrogen-bond acceptors (Lipinski definition) is 4. The van der Waals surface area contributed by atoms with Gasteiger partial charge in [0.1, 0.15) is 11.6 Å². The van der Waals surface area contributed by atoms with E-state index in [0.717, 1.165) is 25.9 Å². The molecule has 1 aliphatic rings. The maximum atomic E-state index is 11.2. The molecule has 0 aliphatic carbocycles. The summed E-state index contributed by atoms with van der Waals surface area (Å²) >= 11 is 0. The van der Waals surface area contributed by atoms with E-state index in [4.69, 9.17) is 0 Å². The first-order valence-corrected chi connectivity index (χ1v) is 5.29. The summed E-state index contributed by atoms with van der Waals surface area (Å²) in [4.78, 5) is 18.1. The second-order valence-corrected chi connectivity index (χ2v) is 3.88. The lowest BCUT2D eigenvalue weighted by Gasteiger charge is -2.24. The van der Waals surface area contributed by atoms with Crippen LogP contribution in [0.25, 0.3) is 0 Å². The molecular formula is C10H16N4O. The fourth-order valence-electron chi connectivity index (χ4n) is 1.83. The normalized spacial score (nSPS) is 17.7. The fraction of sp³-hybridized carbons (Fsp3) is 0.600. The molecule has 82 valence electrons. The highest BCUT2D eigenvalue weighted by Crippen LogP contribution is 2.09. The van der Waals surface area contributed by atoms with E-state index in [9.17, 15) is 4.79 Å². The number of nitrogens with zero attached hydrogens (tertiary/aromatic N) is 1. The minimum Gasteiger partial charge on any atom is -0.367 e. The zero-order valence-electron chi connectivity index (χ0n) is 8.84. The summed E-state index contributed by atoms with van der Waals surface area (Å²) in [5, 5.41) is 6.59. The molecule has 15 heavy (non-hydrogen) atoms. The molecule has 0 radical (unpaired) electrons. The molecule has 0 bridgehead atoms. The van der Waals surface area contributed by atoms with E-state index in [1.807, 2.05) is 0 Å². The Labute approximate surface area is 88.3 Å². The van der Waals surface area contributed by atoms with E-state index in [-0.39, 0.29) is 5.56 Å². The molecule has 0 unspecified atom stereocenters. The van der Waals surface area contributed by atoms with Gasteiger partial charge in [-0.2, -0.15) is 0 Å². The van der Waals surface area contributed by atoms with Gasteiger partial charge in [-0.15, -0.1) is 0 Å². The van der Waals surface area contributed by atoms with E-state index >= 15 is 0 Å². The number of hydrogen-bond donors (Lipinski definition) is 3. The number of anilines is 1. The highest BCUT2D eigenvalue weighted by atomic mass is 16.1. The van der Waals surface area contributed by atoms with Gasteiger partial charge in [-0.3, -0.25) is 4.79 Å². The molecule has 0 saturated carbocycles. The van der Waals surface area contributed by atoms with Crippen molar-refractivity contribution in [1.82, 2.24) is 15.3 Å². The molecular weight excluding hydrogens is 192 g/mol. The zero-order valence-corrected chi connectivity index (χ0v) is 8.84. The maximum Gasteiger partial charge on any atom is 0.252 e. The van der Waals surface area contributed by atoms with E-state index in [1.54, 1.807) is 6.92 Å². The smallest absolute Gasteiger partial charge is 0.252 e. The van der Waals surface area contributed by atoms with Gasteiger partial charge >= 0.3 is 0 Å². The van der Waals surface area contributed by atoms with Crippen LogP contribution in [0, 0.1) is 6.92 Å². The molecule has 5 nitrogen and oxygen atoms in total. The van der Waals surface area contributed by atoms with Crippen molar-refractivity contribution < 1.29 is 0 Å². The molecule has 1 aromatic rings. The second-order valence-electron chi connectivity index (χ2n) is 3.88. The van der Waals surface area contributed by atoms with Gasteiger partial charge in [0.15, 0.2) is 0 Å². The summed E-state index contributed by atoms with van der Waals surface area (Å²) in [7, 11) is 0. The van der Waals surface area contributed by atoms with Crippen LogP contribution in [0.2, 0.25) is 0 Å². The SMILES string of the molecule is Cc1nc(NC2CCNCC2)cc(=O)[nH]1. The van der Waals surface area contributed by atoms with Gasteiger partial charge in [0.25, 0.3) is 5.56 Å². The van der Waals surface area contributed by atoms with Crippen molar-refractivity contribution in [2.24, 2.45) is 0 Å². The first-order chi connectivity index (χ1) is 7.24. The average molecular weight is 208 g/mol. The van der Waals surface area contributed by atoms with Crippen LogP contribution >= 0.6 is 0 Å². The number of H-pyrrole nitrogens is 1. The maximum absolute atomic E-state index is 11.2. The Morgan fingerprint density at radius 2 is 2.20 bits per heavy atom. The average Bonchev–Trinajstić information content (AvgIpc) is 2.17. The van der Waals surface area contributed by atoms with Gasteiger partial charge < -0.3 is 15.6 Å². The van der Waals surface area contributed by atoms with Crippen molar-refractivity contribution in [1.29, 1.82) is 0 Å². The summed E-state index contributed by atoms with van der Waals surface area (Å²) in [6.07, 6.45) is 2.15. The lowest BCUT2D eigenvalue weighted by atomic mass is 10.1. The number of aryl methyl sites for hydroxylation is 1. The zero-order chi connectivity index (χ0) is 10.7. The number of aromatic nitrogens is 2. The van der Waals surface area contributed by atoms with Gasteiger partial charge in [-0.05, 0) is 32.9 Å². The highest BCUT2D eigenvalue weighted by Gasteiger charge is 2.13. The number of piperidine rings is 1. The predicted molar refractivity (Wildman–Crippen MR) is 59.1 cm³/mol. The molecule has 1 aromatic heterocycles. The number of nitrogens with one attached hydrogen (secondary N) is 3. The Morgan fingerprint density at radius 1 is 1.47 bits per heavy atom. The van der Waals surface area contributed by atoms with Crippen molar-refractivity contribution in [3.8, 4) is 0 Å². The van der Waals surface area contributed by atoms with Gasteiger partial charge in [-0.25, -0.2) is 4.98 Å². The minimum atomic E-state index is -0.0982. The molecule has 1 fully saturated rings. The van der Waals surface area contributed by atoms with E-state index < -0.39 is 0 Å². The van der Waals surface area contributed by atoms with Gasteiger partial charge in [0, 0.05) is 12.1 Å². The lowest BCUT2D eigenvalue weighted by molar-refractivity contribution is 0.478. The van der Waals surface area contributed by atoms with E-state index in [2.05, 4.69) is 20.6 Å². The Balaban J connectivity index is 2.06. The van der Waals surface area contributed by atoms with Crippen molar-refractivity contribution in [3.05, 3.63) is 22.2 Å². The van der Waals surface area contributed by atoms with Crippen LogP contribution in [0.5, 0.6) is 0 Å². The summed E-state index contributed by atoms with van der Waals surface area (Å²) in [5.74, 6) is 1.34. The van der Waals surface area contributed by atoms with Crippen LogP contribution < -0.4 is 16.2 Å². The van der Waals surface area contributed by atoms with Gasteiger partial charge in [0.05, 0.1) is 0 Å². The largest absolute Gasteiger partial charge is 0.367 e. The molecule has 5 heteroatoms. The van der Waals surface area contributed by atoms with Crippen LogP contribution in [0.4, 0.5) is 5.82 Å². The lowest BCUT2D eigenvalue weighted by Crippen LogP contribution is -2.35. The molecule has 0 atom stereocenters. The number of rotatable bonds is 2. The summed E-state index contributed by atoms with van der Waals surface area (Å²) in [5.41, 5.74) is -0.0982. The standard InChI is InChI=1S/C10H16N4O/c1-7-12-9(6-10(15)13-7)14-8-2-4-11-5-3-8/h6,8,11H,2-5H2,1H3,(H2,12,13,14,15). The van der Waals surface area contributed by atoms with E-state index in [0.29, 0.717) is 17.7 Å². The second kappa shape index (κ2) is 4.44. The van der Waals surface area contributed by atoms with E-state index in [1.165, 1.54) is 6.07 Å². The first kappa shape index (κ1) is 10.2. The minimum absolute atomic E-state index is 0.0982. The Hall–Kier alpha value is -1.36. The Kier molecular flexibility index (Phi) is 3.01. The van der Waals surface area contributed by atoms with Gasteiger partial charge in [0.2, 0.25) is 0 Å². The molecule has 0 aromatic carbocycles. The molecule has 1 aliphatic heterocycles. The topological polar surface area (TPSA) is 69.8 Å². The van der Waals surface area contributed by atoms with Crippen molar-refractivity contribution in [2.45, 2.75) is 25.8 Å². The third-order valence-corrected chi connectivity index (χ3v) is 2.55. The van der Waals surface area contributed by atoms with Crippen LogP contribution in [-0.2, 0) is 0 Å². The third kappa shape index (κ3) is 2.79. The van der Waals surface area contributed by atoms with Crippen LogP contribution in [0.3, 0.4) is 0 Å². The summed E-state index contributed by atoms with van der Waals surface area (Å²) in [6, 6.07) is 1.94. The molecule has 2 rings (SSSR count). The Morgan fingerprint density at radius 3 is 2.87 bits per heavy atom. The van der Waals surface area contributed by atoms with Crippen LogP contribution in [0.15, 0.2) is 10.9 Å². The molecule has 2 heterocycles. The molecule has 3 N–H and O–H groups in total. The molecule has 0 amide bonds. The number of aromatic amines is 1.